The number of terminal acetylenes is 1. The van der Waals surface area contributed by atoms with E-state index in [2.05, 4.69) is 11.1 Å². The molecule has 2 aromatic rings. The maximum Gasteiger partial charge on any atom is 0.254 e. The van der Waals surface area contributed by atoms with Gasteiger partial charge in [-0.1, -0.05) is 11.1 Å². The highest BCUT2D eigenvalue weighted by molar-refractivity contribution is 5.94. The summed E-state index contributed by atoms with van der Waals surface area (Å²) in [6.07, 6.45) is 8.76. The summed E-state index contributed by atoms with van der Waals surface area (Å²) in [6.45, 7) is 0.743. The van der Waals surface area contributed by atoms with Crippen LogP contribution in [-0.4, -0.2) is 22.5 Å². The van der Waals surface area contributed by atoms with E-state index in [9.17, 15) is 4.79 Å². The van der Waals surface area contributed by atoms with Crippen LogP contribution < -0.4 is 0 Å². The molecule has 0 radical (unpaired) electrons. The molecule has 1 aromatic carbocycles. The van der Waals surface area contributed by atoms with Gasteiger partial charge in [-0.25, -0.2) is 0 Å². The minimum absolute atomic E-state index is 0.00793. The molecule has 0 unspecified atom stereocenters. The number of likely N-dealkylation sites (tertiary alicyclic amines) is 1. The Bertz CT molecular complexity index is 638. The molecule has 4 nitrogen and oxygen atoms in total. The van der Waals surface area contributed by atoms with Crippen LogP contribution in [-0.2, 0) is 0 Å². The lowest BCUT2D eigenvalue weighted by atomic mass is 10.1. The van der Waals surface area contributed by atoms with Gasteiger partial charge in [0.25, 0.3) is 5.91 Å². The van der Waals surface area contributed by atoms with E-state index in [1.165, 1.54) is 6.26 Å². The Hall–Kier alpha value is -2.54. The first-order valence-corrected chi connectivity index (χ1v) is 6.57. The fraction of sp³-hybridized carbons (Fsp3) is 0.250. The van der Waals surface area contributed by atoms with Crippen LogP contribution in [0.15, 0.2) is 41.1 Å². The van der Waals surface area contributed by atoms with E-state index >= 15 is 0 Å². The Morgan fingerprint density at radius 3 is 2.80 bits per heavy atom. The number of nitrogens with zero attached hydrogens (tertiary/aromatic N) is 2. The molecular weight excluding hydrogens is 252 g/mol. The van der Waals surface area contributed by atoms with Crippen LogP contribution in [0.2, 0.25) is 0 Å². The predicted octanol–water partition coefficient (Wildman–Crippen LogP) is 2.63. The number of carbonyl (C=O) groups excluding carboxylic acids is 1. The highest BCUT2D eigenvalue weighted by atomic mass is 16.5. The van der Waals surface area contributed by atoms with Gasteiger partial charge in [0.1, 0.15) is 12.0 Å². The molecule has 1 aromatic heterocycles. The lowest BCUT2D eigenvalue weighted by Gasteiger charge is -2.23. The van der Waals surface area contributed by atoms with E-state index < -0.39 is 0 Å². The first-order chi connectivity index (χ1) is 9.79. The summed E-state index contributed by atoms with van der Waals surface area (Å²) in [6, 6.07) is 8.94. The number of hydrogen-bond acceptors (Lipinski definition) is 3. The van der Waals surface area contributed by atoms with Crippen molar-refractivity contribution >= 4 is 5.91 Å². The van der Waals surface area contributed by atoms with Gasteiger partial charge in [-0.2, -0.15) is 0 Å². The molecule has 20 heavy (non-hydrogen) atoms. The molecule has 1 saturated heterocycles. The van der Waals surface area contributed by atoms with Crippen LogP contribution in [0.1, 0.15) is 40.5 Å². The van der Waals surface area contributed by atoms with Crippen molar-refractivity contribution in [2.24, 2.45) is 0 Å². The zero-order valence-electron chi connectivity index (χ0n) is 11.0. The second kappa shape index (κ2) is 5.22. The highest BCUT2D eigenvalue weighted by Crippen LogP contribution is 2.32. The third kappa shape index (κ3) is 2.19. The zero-order chi connectivity index (χ0) is 13.9. The minimum atomic E-state index is 0.00793. The fourth-order valence-corrected chi connectivity index (χ4v) is 2.59. The minimum Gasteiger partial charge on any atom is -0.364 e. The molecule has 1 aliphatic rings. The molecule has 1 aliphatic heterocycles. The summed E-state index contributed by atoms with van der Waals surface area (Å²) in [5.74, 6) is 2.56. The molecule has 0 saturated carbocycles. The molecule has 2 heterocycles. The molecule has 0 bridgehead atoms. The number of benzene rings is 1. The summed E-state index contributed by atoms with van der Waals surface area (Å²) < 4.78 is 4.88. The molecule has 100 valence electrons. The zero-order valence-corrected chi connectivity index (χ0v) is 11.0. The van der Waals surface area contributed by atoms with Crippen molar-refractivity contribution in [2.75, 3.05) is 6.54 Å². The maximum atomic E-state index is 12.6. The van der Waals surface area contributed by atoms with Crippen LogP contribution in [0.5, 0.6) is 0 Å². The van der Waals surface area contributed by atoms with Gasteiger partial charge in [-0.3, -0.25) is 4.79 Å². The molecule has 1 fully saturated rings. The van der Waals surface area contributed by atoms with Crippen molar-refractivity contribution in [3.05, 3.63) is 53.4 Å². The first-order valence-electron chi connectivity index (χ1n) is 6.57. The van der Waals surface area contributed by atoms with Gasteiger partial charge >= 0.3 is 0 Å². The summed E-state index contributed by atoms with van der Waals surface area (Å²) in [4.78, 5) is 14.4. The van der Waals surface area contributed by atoms with Crippen molar-refractivity contribution in [1.82, 2.24) is 10.1 Å². The van der Waals surface area contributed by atoms with Crippen molar-refractivity contribution in [3.63, 3.8) is 0 Å². The lowest BCUT2D eigenvalue weighted by molar-refractivity contribution is 0.0731. The second-order valence-electron chi connectivity index (χ2n) is 4.80. The largest absolute Gasteiger partial charge is 0.364 e. The average molecular weight is 266 g/mol. The molecule has 1 atom stereocenters. The maximum absolute atomic E-state index is 12.6. The molecule has 1 amide bonds. The van der Waals surface area contributed by atoms with Crippen molar-refractivity contribution in [3.8, 4) is 12.3 Å². The summed E-state index contributed by atoms with van der Waals surface area (Å²) >= 11 is 0. The Kier molecular flexibility index (Phi) is 3.26. The van der Waals surface area contributed by atoms with Crippen LogP contribution >= 0.6 is 0 Å². The average Bonchev–Trinajstić information content (AvgIpc) is 3.16. The first kappa shape index (κ1) is 12.5. The van der Waals surface area contributed by atoms with E-state index in [-0.39, 0.29) is 11.9 Å². The predicted molar refractivity (Wildman–Crippen MR) is 73.9 cm³/mol. The van der Waals surface area contributed by atoms with Gasteiger partial charge in [0, 0.05) is 23.7 Å². The molecule has 0 aliphatic carbocycles. The van der Waals surface area contributed by atoms with Gasteiger partial charge in [0.15, 0.2) is 0 Å². The van der Waals surface area contributed by atoms with E-state index in [4.69, 9.17) is 10.9 Å². The van der Waals surface area contributed by atoms with Crippen molar-refractivity contribution < 1.29 is 9.32 Å². The molecule has 4 heteroatoms. The standard InChI is InChI=1S/C16H14N2O2/c1-2-12-5-7-13(8-6-12)16(19)18-10-3-4-15(18)14-9-11-20-17-14/h1,5-9,11,15H,3-4,10H2/t15-/m0/s1. The number of aromatic nitrogens is 1. The van der Waals surface area contributed by atoms with E-state index in [0.29, 0.717) is 5.56 Å². The van der Waals surface area contributed by atoms with Crippen LogP contribution in [0.4, 0.5) is 0 Å². The summed E-state index contributed by atoms with van der Waals surface area (Å²) in [5, 5.41) is 3.96. The molecule has 0 spiro atoms. The van der Waals surface area contributed by atoms with Crippen molar-refractivity contribution in [2.45, 2.75) is 18.9 Å². The molecular formula is C16H14N2O2. The SMILES string of the molecule is C#Cc1ccc(C(=O)N2CCC[C@H]2c2ccon2)cc1. The van der Waals surface area contributed by atoms with Gasteiger partial charge < -0.3 is 9.42 Å². The number of carbonyl (C=O) groups is 1. The van der Waals surface area contributed by atoms with E-state index in [1.807, 2.05) is 11.0 Å². The Balaban J connectivity index is 1.84. The normalized spacial score (nSPS) is 17.9. The molecule has 3 rings (SSSR count). The Morgan fingerprint density at radius 2 is 2.15 bits per heavy atom. The van der Waals surface area contributed by atoms with Gasteiger partial charge in [0.05, 0.1) is 6.04 Å². The smallest absolute Gasteiger partial charge is 0.254 e. The van der Waals surface area contributed by atoms with Crippen molar-refractivity contribution in [1.29, 1.82) is 0 Å². The quantitative estimate of drug-likeness (QED) is 0.785. The lowest BCUT2D eigenvalue weighted by Crippen LogP contribution is -2.30. The topological polar surface area (TPSA) is 46.3 Å². The molecule has 0 N–H and O–H groups in total. The van der Waals surface area contributed by atoms with E-state index in [1.54, 1.807) is 24.3 Å². The van der Waals surface area contributed by atoms with Crippen LogP contribution in [0.3, 0.4) is 0 Å². The Morgan fingerprint density at radius 1 is 1.35 bits per heavy atom. The van der Waals surface area contributed by atoms with Gasteiger partial charge in [-0.15, -0.1) is 6.42 Å². The van der Waals surface area contributed by atoms with Crippen LogP contribution in [0, 0.1) is 12.3 Å². The third-order valence-electron chi connectivity index (χ3n) is 3.61. The van der Waals surface area contributed by atoms with Gasteiger partial charge in [-0.05, 0) is 37.1 Å². The second-order valence-corrected chi connectivity index (χ2v) is 4.80. The highest BCUT2D eigenvalue weighted by Gasteiger charge is 2.32. The number of hydrogen-bond donors (Lipinski definition) is 0. The van der Waals surface area contributed by atoms with E-state index in [0.717, 1.165) is 30.6 Å². The fourth-order valence-electron chi connectivity index (χ4n) is 2.59. The number of rotatable bonds is 2. The summed E-state index contributed by atoms with van der Waals surface area (Å²) in [5.41, 5.74) is 2.24. The third-order valence-corrected chi connectivity index (χ3v) is 3.61. The van der Waals surface area contributed by atoms with Gasteiger partial charge in [0.2, 0.25) is 0 Å². The number of amides is 1. The monoisotopic (exact) mass is 266 g/mol. The van der Waals surface area contributed by atoms with Crippen LogP contribution in [0.25, 0.3) is 0 Å². The summed E-state index contributed by atoms with van der Waals surface area (Å²) in [7, 11) is 0. The Labute approximate surface area is 117 Å².